The zero-order valence-corrected chi connectivity index (χ0v) is 9.15. The molecule has 2 aliphatic carbocycles. The first kappa shape index (κ1) is 9.20. The number of amides is 1. The van der Waals surface area contributed by atoms with E-state index in [4.69, 9.17) is 0 Å². The van der Waals surface area contributed by atoms with Crippen molar-refractivity contribution >= 4 is 5.91 Å². The van der Waals surface area contributed by atoms with Crippen LogP contribution < -0.4 is 0 Å². The fourth-order valence-corrected chi connectivity index (χ4v) is 3.27. The lowest BCUT2D eigenvalue weighted by Gasteiger charge is -2.25. The molecule has 2 heteroatoms. The van der Waals surface area contributed by atoms with Gasteiger partial charge in [-0.2, -0.15) is 0 Å². The van der Waals surface area contributed by atoms with E-state index in [-0.39, 0.29) is 5.91 Å². The molecule has 1 fully saturated rings. The van der Waals surface area contributed by atoms with Crippen LogP contribution >= 0.6 is 0 Å². The van der Waals surface area contributed by atoms with E-state index in [1.54, 1.807) is 6.08 Å². The quantitative estimate of drug-likeness (QED) is 0.628. The second kappa shape index (κ2) is 3.22. The third kappa shape index (κ3) is 1.52. The van der Waals surface area contributed by atoms with Gasteiger partial charge in [-0.05, 0) is 43.1 Å². The highest BCUT2D eigenvalue weighted by atomic mass is 16.2. The normalized spacial score (nSPS) is 37.9. The van der Waals surface area contributed by atoms with Gasteiger partial charge in [0.15, 0.2) is 0 Å². The topological polar surface area (TPSA) is 20.3 Å². The first-order valence-electron chi connectivity index (χ1n) is 5.87. The van der Waals surface area contributed by atoms with Crippen molar-refractivity contribution in [1.29, 1.82) is 0 Å². The highest BCUT2D eigenvalue weighted by Crippen LogP contribution is 2.43. The number of nitrogens with zero attached hydrogens (tertiary/aromatic N) is 1. The van der Waals surface area contributed by atoms with Crippen LogP contribution in [0.2, 0.25) is 0 Å². The van der Waals surface area contributed by atoms with Crippen molar-refractivity contribution in [3.63, 3.8) is 0 Å². The fraction of sp³-hybridized carbons (Fsp3) is 0.615. The maximum atomic E-state index is 11.6. The van der Waals surface area contributed by atoms with E-state index in [0.717, 1.165) is 30.8 Å². The SMILES string of the molecule is CC1=CC(=O)N(CC2CC3C=CC2C3)C1. The largest absolute Gasteiger partial charge is 0.335 e. The average molecular weight is 203 g/mol. The van der Waals surface area contributed by atoms with Crippen molar-refractivity contribution in [1.82, 2.24) is 4.90 Å². The Morgan fingerprint density at radius 2 is 2.27 bits per heavy atom. The summed E-state index contributed by atoms with van der Waals surface area (Å²) in [5.74, 6) is 2.51. The summed E-state index contributed by atoms with van der Waals surface area (Å²) >= 11 is 0. The van der Waals surface area contributed by atoms with Crippen LogP contribution in [0.4, 0.5) is 0 Å². The van der Waals surface area contributed by atoms with Gasteiger partial charge in [0.2, 0.25) is 5.91 Å². The first-order valence-corrected chi connectivity index (χ1v) is 5.87. The number of allylic oxidation sites excluding steroid dienone is 2. The van der Waals surface area contributed by atoms with Gasteiger partial charge in [-0.3, -0.25) is 4.79 Å². The molecule has 0 saturated heterocycles. The van der Waals surface area contributed by atoms with Crippen molar-refractivity contribution in [3.8, 4) is 0 Å². The van der Waals surface area contributed by atoms with Crippen LogP contribution in [0, 0.1) is 17.8 Å². The maximum absolute atomic E-state index is 11.6. The Balaban J connectivity index is 1.63. The Morgan fingerprint density at radius 3 is 2.80 bits per heavy atom. The number of hydrogen-bond acceptors (Lipinski definition) is 1. The molecule has 3 unspecified atom stereocenters. The predicted octanol–water partition coefficient (Wildman–Crippen LogP) is 1.99. The summed E-state index contributed by atoms with van der Waals surface area (Å²) in [4.78, 5) is 13.6. The molecule has 80 valence electrons. The Morgan fingerprint density at radius 1 is 1.40 bits per heavy atom. The average Bonchev–Trinajstić information content (AvgIpc) is 2.83. The van der Waals surface area contributed by atoms with E-state index in [2.05, 4.69) is 12.2 Å². The molecule has 2 bridgehead atoms. The Bertz CT molecular complexity index is 356. The standard InChI is InChI=1S/C13H17NO/c1-9-4-13(15)14(7-9)8-12-6-10-2-3-11(12)5-10/h2-4,10-12H,5-8H2,1H3. The minimum Gasteiger partial charge on any atom is -0.335 e. The fourth-order valence-electron chi connectivity index (χ4n) is 3.27. The molecule has 1 heterocycles. The van der Waals surface area contributed by atoms with E-state index < -0.39 is 0 Å². The second-order valence-electron chi connectivity index (χ2n) is 5.25. The van der Waals surface area contributed by atoms with Crippen LogP contribution in [0.15, 0.2) is 23.8 Å². The van der Waals surface area contributed by atoms with Gasteiger partial charge in [-0.15, -0.1) is 0 Å². The summed E-state index contributed by atoms with van der Waals surface area (Å²) in [6.07, 6.45) is 9.13. The molecule has 0 aromatic carbocycles. The van der Waals surface area contributed by atoms with Crippen molar-refractivity contribution in [2.75, 3.05) is 13.1 Å². The summed E-state index contributed by atoms with van der Waals surface area (Å²) in [6.45, 7) is 3.87. The number of hydrogen-bond donors (Lipinski definition) is 0. The van der Waals surface area contributed by atoms with Gasteiger partial charge in [0.1, 0.15) is 0 Å². The molecule has 0 radical (unpaired) electrons. The molecular formula is C13H17NO. The molecule has 3 aliphatic rings. The number of rotatable bonds is 2. The van der Waals surface area contributed by atoms with Crippen molar-refractivity contribution < 1.29 is 4.79 Å². The summed E-state index contributed by atoms with van der Waals surface area (Å²) in [7, 11) is 0. The van der Waals surface area contributed by atoms with Gasteiger partial charge >= 0.3 is 0 Å². The molecule has 1 saturated carbocycles. The number of carbonyl (C=O) groups excluding carboxylic acids is 1. The van der Waals surface area contributed by atoms with Gasteiger partial charge in [-0.1, -0.05) is 12.2 Å². The molecule has 0 N–H and O–H groups in total. The second-order valence-corrected chi connectivity index (χ2v) is 5.25. The molecular weight excluding hydrogens is 186 g/mol. The molecule has 15 heavy (non-hydrogen) atoms. The monoisotopic (exact) mass is 203 g/mol. The van der Waals surface area contributed by atoms with Crippen LogP contribution in [0.1, 0.15) is 19.8 Å². The van der Waals surface area contributed by atoms with Crippen LogP contribution in [0.25, 0.3) is 0 Å². The number of fused-ring (bicyclic) bond motifs is 2. The van der Waals surface area contributed by atoms with Crippen LogP contribution in [-0.4, -0.2) is 23.9 Å². The summed E-state index contributed by atoms with van der Waals surface area (Å²) in [6, 6.07) is 0. The van der Waals surface area contributed by atoms with Crippen molar-refractivity contribution in [3.05, 3.63) is 23.8 Å². The van der Waals surface area contributed by atoms with Gasteiger partial charge < -0.3 is 4.90 Å². The Hall–Kier alpha value is -1.05. The summed E-state index contributed by atoms with van der Waals surface area (Å²) in [5.41, 5.74) is 1.21. The van der Waals surface area contributed by atoms with E-state index in [9.17, 15) is 4.79 Å². The van der Waals surface area contributed by atoms with Crippen LogP contribution in [-0.2, 0) is 4.79 Å². The third-order valence-electron chi connectivity index (χ3n) is 3.99. The molecule has 3 rings (SSSR count). The Kier molecular flexibility index (Phi) is 1.98. The predicted molar refractivity (Wildman–Crippen MR) is 59.2 cm³/mol. The minimum atomic E-state index is 0.222. The third-order valence-corrected chi connectivity index (χ3v) is 3.99. The van der Waals surface area contributed by atoms with Gasteiger partial charge in [0.05, 0.1) is 0 Å². The van der Waals surface area contributed by atoms with E-state index >= 15 is 0 Å². The summed E-state index contributed by atoms with van der Waals surface area (Å²) < 4.78 is 0. The molecule has 0 aromatic heterocycles. The van der Waals surface area contributed by atoms with E-state index in [0.29, 0.717) is 0 Å². The molecule has 3 atom stereocenters. The van der Waals surface area contributed by atoms with Crippen molar-refractivity contribution in [2.24, 2.45) is 17.8 Å². The Labute approximate surface area is 90.6 Å². The molecule has 0 spiro atoms. The highest BCUT2D eigenvalue weighted by molar-refractivity contribution is 5.91. The molecule has 2 nitrogen and oxygen atoms in total. The molecule has 1 amide bonds. The first-order chi connectivity index (χ1) is 7.22. The van der Waals surface area contributed by atoms with E-state index in [1.807, 2.05) is 11.8 Å². The minimum absolute atomic E-state index is 0.222. The highest BCUT2D eigenvalue weighted by Gasteiger charge is 2.37. The van der Waals surface area contributed by atoms with E-state index in [1.165, 1.54) is 18.4 Å². The van der Waals surface area contributed by atoms with Gasteiger partial charge in [0, 0.05) is 19.2 Å². The lowest BCUT2D eigenvalue weighted by Crippen LogP contribution is -2.32. The van der Waals surface area contributed by atoms with Crippen LogP contribution in [0.3, 0.4) is 0 Å². The number of carbonyl (C=O) groups is 1. The maximum Gasteiger partial charge on any atom is 0.246 e. The zero-order valence-electron chi connectivity index (χ0n) is 9.15. The smallest absolute Gasteiger partial charge is 0.246 e. The molecule has 1 aliphatic heterocycles. The van der Waals surface area contributed by atoms with Gasteiger partial charge in [0.25, 0.3) is 0 Å². The van der Waals surface area contributed by atoms with Crippen molar-refractivity contribution in [2.45, 2.75) is 19.8 Å². The lowest BCUT2D eigenvalue weighted by atomic mass is 9.93. The van der Waals surface area contributed by atoms with Crippen LogP contribution in [0.5, 0.6) is 0 Å². The summed E-state index contributed by atoms with van der Waals surface area (Å²) in [5, 5.41) is 0. The van der Waals surface area contributed by atoms with Gasteiger partial charge in [-0.25, -0.2) is 0 Å². The zero-order chi connectivity index (χ0) is 10.4. The molecule has 0 aromatic rings. The lowest BCUT2D eigenvalue weighted by molar-refractivity contribution is -0.125.